The summed E-state index contributed by atoms with van der Waals surface area (Å²) in [6.07, 6.45) is 3.72. The molecule has 0 unspecified atom stereocenters. The van der Waals surface area contributed by atoms with E-state index in [1.54, 1.807) is 4.68 Å². The summed E-state index contributed by atoms with van der Waals surface area (Å²) < 4.78 is 7.14. The number of nitrogens with two attached hydrogens (primary N) is 1. The number of aliphatic hydroxyl groups is 1. The molecule has 0 spiro atoms. The fourth-order valence-corrected chi connectivity index (χ4v) is 4.17. The first-order valence-electron chi connectivity index (χ1n) is 9.16. The second-order valence-corrected chi connectivity index (χ2v) is 7.53. The first kappa shape index (κ1) is 16.8. The normalized spacial score (nSPS) is 24.6. The Morgan fingerprint density at radius 1 is 1.36 bits per heavy atom. The van der Waals surface area contributed by atoms with E-state index in [9.17, 15) is 5.11 Å². The Kier molecular flexibility index (Phi) is 4.39. The van der Waals surface area contributed by atoms with E-state index in [-0.39, 0.29) is 0 Å². The molecule has 0 saturated carbocycles. The highest BCUT2D eigenvalue weighted by Gasteiger charge is 2.34. The van der Waals surface area contributed by atoms with E-state index < -0.39 is 5.60 Å². The molecule has 4 heterocycles. The largest absolute Gasteiger partial charge is 0.388 e. The number of nitrogen functional groups attached to an aromatic ring is 1. The molecule has 7 nitrogen and oxygen atoms in total. The smallest absolute Gasteiger partial charge is 0.159 e. The van der Waals surface area contributed by atoms with Crippen molar-refractivity contribution < 1.29 is 9.84 Å². The molecular formula is C18H27N5O2. The van der Waals surface area contributed by atoms with Crippen LogP contribution < -0.4 is 5.73 Å². The minimum absolute atomic E-state index is 0.387. The van der Waals surface area contributed by atoms with E-state index in [4.69, 9.17) is 15.5 Å². The Labute approximate surface area is 147 Å². The lowest BCUT2D eigenvalue weighted by Crippen LogP contribution is -2.49. The van der Waals surface area contributed by atoms with Crippen LogP contribution in [0.2, 0.25) is 0 Å². The molecule has 1 atom stereocenters. The average molecular weight is 345 g/mol. The molecule has 2 aliphatic rings. The SMILES string of the molecule is Cn1nc(N)c2ccc([C@H]3CCCN(CC4(O)CCOCC4)C3)nc21. The number of hydrogen-bond acceptors (Lipinski definition) is 6. The molecule has 0 radical (unpaired) electrons. The molecule has 0 amide bonds. The lowest BCUT2D eigenvalue weighted by molar-refractivity contribution is -0.0824. The standard InChI is InChI=1S/C18H27N5O2/c1-22-17-14(16(19)21-22)4-5-15(20-17)13-3-2-8-23(11-13)12-18(24)6-9-25-10-7-18/h4-5,13,24H,2-3,6-12H2,1H3,(H2,19,21)/t13-/m0/s1. The topological polar surface area (TPSA) is 89.4 Å². The van der Waals surface area contributed by atoms with E-state index in [2.05, 4.69) is 16.1 Å². The summed E-state index contributed by atoms with van der Waals surface area (Å²) in [4.78, 5) is 7.22. The van der Waals surface area contributed by atoms with Crippen LogP contribution in [0, 0.1) is 0 Å². The average Bonchev–Trinajstić information content (AvgIpc) is 2.89. The van der Waals surface area contributed by atoms with E-state index in [0.717, 1.165) is 62.0 Å². The van der Waals surface area contributed by atoms with Gasteiger partial charge in [-0.1, -0.05) is 0 Å². The number of aryl methyl sites for hydroxylation is 1. The Hall–Kier alpha value is -1.70. The molecule has 2 aliphatic heterocycles. The number of rotatable bonds is 3. The molecule has 2 aromatic rings. The maximum absolute atomic E-state index is 10.8. The predicted octanol–water partition coefficient (Wildman–Crippen LogP) is 1.27. The summed E-state index contributed by atoms with van der Waals surface area (Å²) in [7, 11) is 1.88. The number of aromatic nitrogens is 3. The highest BCUT2D eigenvalue weighted by atomic mass is 16.5. The number of fused-ring (bicyclic) bond motifs is 1. The van der Waals surface area contributed by atoms with Gasteiger partial charge in [-0.3, -0.25) is 4.90 Å². The number of nitrogens with zero attached hydrogens (tertiary/aromatic N) is 4. The third-order valence-corrected chi connectivity index (χ3v) is 5.60. The van der Waals surface area contributed by atoms with Gasteiger partial charge in [0.2, 0.25) is 0 Å². The zero-order valence-corrected chi connectivity index (χ0v) is 14.8. The van der Waals surface area contributed by atoms with Gasteiger partial charge in [0.05, 0.1) is 11.0 Å². The number of piperidine rings is 1. The second kappa shape index (κ2) is 6.55. The molecule has 4 rings (SSSR count). The van der Waals surface area contributed by atoms with Crippen molar-refractivity contribution in [2.75, 3.05) is 38.6 Å². The van der Waals surface area contributed by atoms with Crippen molar-refractivity contribution in [2.24, 2.45) is 7.05 Å². The summed E-state index contributed by atoms with van der Waals surface area (Å²) in [5.74, 6) is 0.918. The van der Waals surface area contributed by atoms with Crippen LogP contribution in [-0.2, 0) is 11.8 Å². The highest BCUT2D eigenvalue weighted by Crippen LogP contribution is 2.30. The van der Waals surface area contributed by atoms with Crippen molar-refractivity contribution in [3.05, 3.63) is 17.8 Å². The minimum Gasteiger partial charge on any atom is -0.388 e. The van der Waals surface area contributed by atoms with Gasteiger partial charge in [0, 0.05) is 57.8 Å². The van der Waals surface area contributed by atoms with Crippen molar-refractivity contribution >= 4 is 16.9 Å². The Morgan fingerprint density at radius 3 is 2.96 bits per heavy atom. The third kappa shape index (κ3) is 3.36. The molecular weight excluding hydrogens is 318 g/mol. The molecule has 7 heteroatoms. The Bertz CT molecular complexity index is 753. The number of hydrogen-bond donors (Lipinski definition) is 2. The van der Waals surface area contributed by atoms with Crippen LogP contribution in [0.4, 0.5) is 5.82 Å². The minimum atomic E-state index is -0.603. The summed E-state index contributed by atoms with van der Waals surface area (Å²) in [6, 6.07) is 4.11. The fraction of sp³-hybridized carbons (Fsp3) is 0.667. The quantitative estimate of drug-likeness (QED) is 0.871. The molecule has 2 fully saturated rings. The number of pyridine rings is 1. The number of ether oxygens (including phenoxy) is 1. The van der Waals surface area contributed by atoms with Crippen LogP contribution in [-0.4, -0.2) is 63.2 Å². The first-order chi connectivity index (χ1) is 12.0. The van der Waals surface area contributed by atoms with Crippen LogP contribution in [0.5, 0.6) is 0 Å². The summed E-state index contributed by atoms with van der Waals surface area (Å²) in [6.45, 7) is 4.03. The van der Waals surface area contributed by atoms with Gasteiger partial charge in [-0.25, -0.2) is 9.67 Å². The molecule has 0 bridgehead atoms. The van der Waals surface area contributed by atoms with Gasteiger partial charge in [-0.15, -0.1) is 0 Å². The summed E-state index contributed by atoms with van der Waals surface area (Å²) in [5.41, 5.74) is 7.26. The van der Waals surface area contributed by atoms with Gasteiger partial charge in [0.25, 0.3) is 0 Å². The van der Waals surface area contributed by atoms with Gasteiger partial charge >= 0.3 is 0 Å². The third-order valence-electron chi connectivity index (χ3n) is 5.60. The van der Waals surface area contributed by atoms with Crippen LogP contribution >= 0.6 is 0 Å². The second-order valence-electron chi connectivity index (χ2n) is 7.53. The molecule has 136 valence electrons. The fourth-order valence-electron chi connectivity index (χ4n) is 4.17. The lowest BCUT2D eigenvalue weighted by atomic mass is 9.90. The maximum Gasteiger partial charge on any atom is 0.159 e. The zero-order valence-electron chi connectivity index (χ0n) is 14.8. The Balaban J connectivity index is 1.50. The highest BCUT2D eigenvalue weighted by molar-refractivity contribution is 5.86. The Morgan fingerprint density at radius 2 is 2.16 bits per heavy atom. The monoisotopic (exact) mass is 345 g/mol. The van der Waals surface area contributed by atoms with Crippen LogP contribution in [0.25, 0.3) is 11.0 Å². The summed E-state index contributed by atoms with van der Waals surface area (Å²) >= 11 is 0. The molecule has 25 heavy (non-hydrogen) atoms. The number of likely N-dealkylation sites (tertiary alicyclic amines) is 1. The van der Waals surface area contributed by atoms with Crippen LogP contribution in [0.3, 0.4) is 0 Å². The molecule has 2 aromatic heterocycles. The zero-order chi connectivity index (χ0) is 17.4. The van der Waals surface area contributed by atoms with Gasteiger partial charge in [-0.2, -0.15) is 5.10 Å². The summed E-state index contributed by atoms with van der Waals surface area (Å²) in [5, 5.41) is 16.0. The van der Waals surface area contributed by atoms with Crippen LogP contribution in [0.1, 0.15) is 37.3 Å². The number of β-amino-alcohol motifs (C(OH)–C–C–N with tert-alkyl or cyclic N) is 1. The van der Waals surface area contributed by atoms with Gasteiger partial charge < -0.3 is 15.6 Å². The predicted molar refractivity (Wildman–Crippen MR) is 96.3 cm³/mol. The van der Waals surface area contributed by atoms with E-state index >= 15 is 0 Å². The van der Waals surface area contributed by atoms with Gasteiger partial charge in [0.15, 0.2) is 11.5 Å². The lowest BCUT2D eigenvalue weighted by Gasteiger charge is -2.40. The molecule has 2 saturated heterocycles. The number of anilines is 1. The van der Waals surface area contributed by atoms with Crippen LogP contribution in [0.15, 0.2) is 12.1 Å². The molecule has 0 aliphatic carbocycles. The van der Waals surface area contributed by atoms with Crippen molar-refractivity contribution in [1.29, 1.82) is 0 Å². The maximum atomic E-state index is 10.8. The molecule has 3 N–H and O–H groups in total. The van der Waals surface area contributed by atoms with E-state index in [0.29, 0.717) is 24.9 Å². The first-order valence-corrected chi connectivity index (χ1v) is 9.16. The van der Waals surface area contributed by atoms with E-state index in [1.807, 2.05) is 13.1 Å². The molecule has 0 aromatic carbocycles. The van der Waals surface area contributed by atoms with Gasteiger partial charge in [-0.05, 0) is 31.5 Å². The van der Waals surface area contributed by atoms with Crippen molar-refractivity contribution in [1.82, 2.24) is 19.7 Å². The van der Waals surface area contributed by atoms with E-state index in [1.165, 1.54) is 0 Å². The van der Waals surface area contributed by atoms with Crippen molar-refractivity contribution in [3.8, 4) is 0 Å². The van der Waals surface area contributed by atoms with Crippen molar-refractivity contribution in [3.63, 3.8) is 0 Å². The van der Waals surface area contributed by atoms with Gasteiger partial charge in [0.1, 0.15) is 0 Å². The van der Waals surface area contributed by atoms with Crippen molar-refractivity contribution in [2.45, 2.75) is 37.2 Å².